The molecule has 2 amide bonds. The third-order valence-corrected chi connectivity index (χ3v) is 7.45. The Morgan fingerprint density at radius 2 is 1.91 bits per heavy atom. The van der Waals surface area contributed by atoms with Gasteiger partial charge in [-0.2, -0.15) is 13.2 Å². The Hall–Kier alpha value is -1.69. The van der Waals surface area contributed by atoms with Gasteiger partial charge in [0.2, 0.25) is 0 Å². The smallest absolute Gasteiger partial charge is 0.471 e. The predicted molar refractivity (Wildman–Crippen MR) is 112 cm³/mol. The third-order valence-electron chi connectivity index (χ3n) is 5.32. The maximum absolute atomic E-state index is 13.2. The molecular weight excluding hydrogens is 470 g/mol. The number of carbonyl (C=O) groups excluding carboxylic acids is 2. The van der Waals surface area contributed by atoms with E-state index in [1.807, 2.05) is 6.92 Å². The lowest BCUT2D eigenvalue weighted by Crippen LogP contribution is -2.46. The number of likely N-dealkylation sites (tertiary alicyclic amines) is 1. The molecule has 0 spiro atoms. The monoisotopic (exact) mass is 503 g/mol. The first kappa shape index (κ1) is 29.3. The van der Waals surface area contributed by atoms with Crippen molar-refractivity contribution in [3.63, 3.8) is 0 Å². The van der Waals surface area contributed by atoms with Gasteiger partial charge >= 0.3 is 25.6 Å². The summed E-state index contributed by atoms with van der Waals surface area (Å²) in [5.74, 6) is -4.94. The van der Waals surface area contributed by atoms with Crippen LogP contribution in [0.4, 0.5) is 13.2 Å². The maximum atomic E-state index is 13.2. The highest BCUT2D eigenvalue weighted by Gasteiger charge is 2.42. The Kier molecular flexibility index (Phi) is 11.8. The first-order valence-electron chi connectivity index (χ1n) is 10.8. The van der Waals surface area contributed by atoms with E-state index in [4.69, 9.17) is 14.8 Å². The predicted octanol–water partition coefficient (Wildman–Crippen LogP) is 2.61. The van der Waals surface area contributed by atoms with Crippen LogP contribution in [0.5, 0.6) is 0 Å². The van der Waals surface area contributed by atoms with Crippen molar-refractivity contribution in [3.05, 3.63) is 0 Å². The summed E-state index contributed by atoms with van der Waals surface area (Å²) >= 11 is 0. The fourth-order valence-corrected chi connectivity index (χ4v) is 5.02. The molecule has 1 fully saturated rings. The van der Waals surface area contributed by atoms with Crippen LogP contribution in [0.2, 0.25) is 0 Å². The molecule has 14 heteroatoms. The van der Waals surface area contributed by atoms with Crippen molar-refractivity contribution < 1.29 is 46.3 Å². The second-order valence-electron chi connectivity index (χ2n) is 7.80. The highest BCUT2D eigenvalue weighted by Crippen LogP contribution is 2.53. The molecule has 0 bridgehead atoms. The number of carboxylic acids is 1. The number of aliphatic carboxylic acids is 1. The Morgan fingerprint density at radius 1 is 1.24 bits per heavy atom. The molecule has 192 valence electrons. The number of unbranched alkanes of at least 4 members (excludes halogenated alkanes) is 2. The Bertz CT molecular complexity index is 723. The van der Waals surface area contributed by atoms with Crippen LogP contribution in [-0.2, 0) is 28.0 Å². The molecule has 10 nitrogen and oxygen atoms in total. The number of halogens is 3. The Morgan fingerprint density at radius 3 is 2.45 bits per heavy atom. The molecule has 4 N–H and O–H groups in total. The molecule has 1 heterocycles. The molecule has 0 radical (unpaired) electrons. The molecular formula is C19H33F3N3O7P. The molecule has 0 aromatic heterocycles. The quantitative estimate of drug-likeness (QED) is 0.242. The van der Waals surface area contributed by atoms with Crippen molar-refractivity contribution in [3.8, 4) is 0 Å². The van der Waals surface area contributed by atoms with Gasteiger partial charge in [-0.1, -0.05) is 19.8 Å². The molecule has 33 heavy (non-hydrogen) atoms. The SMILES string of the molecule is CCCCC(N)P(=O)(OC)O[C@@H](CCCCNC(=O)C(F)(F)F)C(=O)N1CCC[C@H]1C(=O)O. The summed E-state index contributed by atoms with van der Waals surface area (Å²) in [6.45, 7) is 1.80. The van der Waals surface area contributed by atoms with Crippen LogP contribution in [0.25, 0.3) is 0 Å². The number of carboxylic acid groups (broad SMARTS) is 1. The molecule has 1 rings (SSSR count). The van der Waals surface area contributed by atoms with E-state index in [0.717, 1.165) is 18.4 Å². The molecule has 0 aliphatic carbocycles. The molecule has 4 atom stereocenters. The van der Waals surface area contributed by atoms with E-state index >= 15 is 0 Å². The van der Waals surface area contributed by atoms with Gasteiger partial charge in [-0.05, 0) is 38.5 Å². The highest BCUT2D eigenvalue weighted by molar-refractivity contribution is 7.54. The number of carbonyl (C=O) groups is 3. The van der Waals surface area contributed by atoms with E-state index in [-0.39, 0.29) is 38.8 Å². The van der Waals surface area contributed by atoms with Crippen LogP contribution >= 0.6 is 7.60 Å². The average Bonchev–Trinajstić information content (AvgIpc) is 3.25. The van der Waals surface area contributed by atoms with Gasteiger partial charge in [-0.25, -0.2) is 4.79 Å². The van der Waals surface area contributed by atoms with Crippen LogP contribution in [0, 0.1) is 0 Å². The van der Waals surface area contributed by atoms with Gasteiger partial charge in [0.1, 0.15) is 17.9 Å². The van der Waals surface area contributed by atoms with E-state index in [1.165, 1.54) is 0 Å². The topological polar surface area (TPSA) is 148 Å². The zero-order chi connectivity index (χ0) is 25.2. The van der Waals surface area contributed by atoms with Crippen LogP contribution in [-0.4, -0.2) is 72.1 Å². The van der Waals surface area contributed by atoms with E-state index in [0.29, 0.717) is 19.3 Å². The number of alkyl halides is 3. The zero-order valence-electron chi connectivity index (χ0n) is 18.8. The van der Waals surface area contributed by atoms with E-state index in [2.05, 4.69) is 0 Å². The second-order valence-corrected chi connectivity index (χ2v) is 10.1. The summed E-state index contributed by atoms with van der Waals surface area (Å²) in [5, 5.41) is 11.1. The van der Waals surface area contributed by atoms with Crippen molar-refractivity contribution in [1.82, 2.24) is 10.2 Å². The second kappa shape index (κ2) is 13.3. The molecule has 0 aromatic carbocycles. The summed E-state index contributed by atoms with van der Waals surface area (Å²) in [7, 11) is -2.81. The highest BCUT2D eigenvalue weighted by atomic mass is 31.2. The van der Waals surface area contributed by atoms with Gasteiger partial charge in [0.05, 0.1) is 0 Å². The van der Waals surface area contributed by atoms with Crippen molar-refractivity contribution in [2.24, 2.45) is 5.73 Å². The number of rotatable bonds is 14. The molecule has 1 aliphatic heterocycles. The standard InChI is InChI=1S/C19H33F3N3O7P/c1-3-4-10-15(23)33(30,31-2)32-14(9-5-6-11-24-18(29)19(20,21)22)16(26)25-12-7-8-13(25)17(27)28/h13-15H,3-12,23H2,1-2H3,(H,24,29)(H,27,28)/t13-,14-,15?,33?/m0/s1. The minimum atomic E-state index is -5.00. The molecule has 0 saturated carbocycles. The minimum absolute atomic E-state index is 0.0720. The van der Waals surface area contributed by atoms with Crippen molar-refractivity contribution in [2.75, 3.05) is 20.2 Å². The van der Waals surface area contributed by atoms with E-state index in [9.17, 15) is 37.2 Å². The number of nitrogens with zero attached hydrogens (tertiary/aromatic N) is 1. The van der Waals surface area contributed by atoms with E-state index < -0.39 is 49.5 Å². The lowest BCUT2D eigenvalue weighted by molar-refractivity contribution is -0.173. The van der Waals surface area contributed by atoms with Crippen LogP contribution in [0.1, 0.15) is 58.3 Å². The largest absolute Gasteiger partial charge is 0.480 e. The van der Waals surface area contributed by atoms with Crippen LogP contribution < -0.4 is 11.1 Å². The van der Waals surface area contributed by atoms with Gasteiger partial charge in [0.25, 0.3) is 5.91 Å². The summed E-state index contributed by atoms with van der Waals surface area (Å²) in [6, 6.07) is -1.05. The number of nitrogens with one attached hydrogen (secondary N) is 1. The molecule has 2 unspecified atom stereocenters. The van der Waals surface area contributed by atoms with E-state index in [1.54, 1.807) is 5.32 Å². The minimum Gasteiger partial charge on any atom is -0.480 e. The van der Waals surface area contributed by atoms with Gasteiger partial charge < -0.3 is 25.6 Å². The normalized spacial score (nSPS) is 20.2. The number of hydrogen-bond donors (Lipinski definition) is 3. The summed E-state index contributed by atoms with van der Waals surface area (Å²) in [5.41, 5.74) is 5.99. The summed E-state index contributed by atoms with van der Waals surface area (Å²) in [4.78, 5) is 36.6. The number of nitrogens with two attached hydrogens (primary N) is 1. The zero-order valence-corrected chi connectivity index (χ0v) is 19.7. The first-order valence-corrected chi connectivity index (χ1v) is 12.5. The van der Waals surface area contributed by atoms with Gasteiger partial charge in [0.15, 0.2) is 0 Å². The lowest BCUT2D eigenvalue weighted by atomic mass is 10.1. The third kappa shape index (κ3) is 8.88. The first-order chi connectivity index (χ1) is 15.4. The average molecular weight is 503 g/mol. The number of amides is 2. The van der Waals surface area contributed by atoms with Crippen molar-refractivity contribution >= 4 is 25.4 Å². The fourth-order valence-electron chi connectivity index (χ4n) is 3.46. The molecule has 1 saturated heterocycles. The Labute approximate surface area is 190 Å². The van der Waals surface area contributed by atoms with Gasteiger partial charge in [0, 0.05) is 20.2 Å². The summed E-state index contributed by atoms with van der Waals surface area (Å²) in [6.07, 6.45) is -3.76. The van der Waals surface area contributed by atoms with Crippen molar-refractivity contribution in [2.45, 2.75) is 82.4 Å². The summed E-state index contributed by atoms with van der Waals surface area (Å²) < 4.78 is 60.6. The Balaban J connectivity index is 2.89. The van der Waals surface area contributed by atoms with Crippen LogP contribution in [0.15, 0.2) is 0 Å². The van der Waals surface area contributed by atoms with Gasteiger partial charge in [-0.3, -0.25) is 18.7 Å². The van der Waals surface area contributed by atoms with Crippen molar-refractivity contribution in [1.29, 1.82) is 0 Å². The molecule has 0 aromatic rings. The number of hydrogen-bond acceptors (Lipinski definition) is 7. The van der Waals surface area contributed by atoms with Gasteiger partial charge in [-0.15, -0.1) is 0 Å². The lowest BCUT2D eigenvalue weighted by Gasteiger charge is -2.30. The molecule has 1 aliphatic rings. The van der Waals surface area contributed by atoms with Crippen LogP contribution in [0.3, 0.4) is 0 Å². The maximum Gasteiger partial charge on any atom is 0.471 e. The fraction of sp³-hybridized carbons (Fsp3) is 0.842.